The van der Waals surface area contributed by atoms with Gasteiger partial charge in [-0.25, -0.2) is 0 Å². The van der Waals surface area contributed by atoms with Gasteiger partial charge in [-0.3, -0.25) is 0 Å². The largest absolute Gasteiger partial charge is 0.497 e. The minimum Gasteiger partial charge on any atom is -0.497 e. The van der Waals surface area contributed by atoms with Crippen LogP contribution in [-0.2, 0) is 10.1 Å². The lowest BCUT2D eigenvalue weighted by Gasteiger charge is -2.31. The molecule has 0 aliphatic carbocycles. The number of ether oxygens (including phenoxy) is 2. The van der Waals surface area contributed by atoms with E-state index in [1.54, 1.807) is 14.2 Å². The standard InChI is InChI=1S/C20H25BrO2/c1-20(2,3)19(23-5)18-11-14(13-21)9-10-17(18)15-7-6-8-16(12-15)22-4/h6-12,19H,13H2,1-5H3. The molecule has 1 unspecified atom stereocenters. The molecule has 0 radical (unpaired) electrons. The monoisotopic (exact) mass is 376 g/mol. The van der Waals surface area contributed by atoms with Gasteiger partial charge in [0.15, 0.2) is 0 Å². The molecule has 2 rings (SSSR count). The summed E-state index contributed by atoms with van der Waals surface area (Å²) in [5.74, 6) is 0.864. The minimum atomic E-state index is 0.00724. The maximum absolute atomic E-state index is 5.87. The van der Waals surface area contributed by atoms with Crippen LogP contribution >= 0.6 is 15.9 Å². The molecule has 2 nitrogen and oxygen atoms in total. The first-order valence-electron chi connectivity index (χ1n) is 7.76. The number of rotatable bonds is 5. The van der Waals surface area contributed by atoms with Crippen LogP contribution in [0.1, 0.15) is 38.0 Å². The molecular formula is C20H25BrO2. The van der Waals surface area contributed by atoms with E-state index in [1.807, 2.05) is 12.1 Å². The molecule has 0 spiro atoms. The topological polar surface area (TPSA) is 18.5 Å². The molecule has 0 saturated carbocycles. The molecule has 124 valence electrons. The first-order chi connectivity index (χ1) is 10.9. The summed E-state index contributed by atoms with van der Waals surface area (Å²) < 4.78 is 11.2. The Balaban J connectivity index is 2.63. The van der Waals surface area contributed by atoms with Crippen molar-refractivity contribution in [3.05, 3.63) is 53.6 Å². The zero-order valence-corrected chi connectivity index (χ0v) is 16.1. The molecule has 0 aliphatic rings. The van der Waals surface area contributed by atoms with Crippen molar-refractivity contribution in [1.82, 2.24) is 0 Å². The fourth-order valence-electron chi connectivity index (χ4n) is 2.91. The summed E-state index contributed by atoms with van der Waals surface area (Å²) in [6.45, 7) is 6.62. The average molecular weight is 377 g/mol. The van der Waals surface area contributed by atoms with Crippen molar-refractivity contribution in [3.63, 3.8) is 0 Å². The summed E-state index contributed by atoms with van der Waals surface area (Å²) >= 11 is 3.56. The van der Waals surface area contributed by atoms with Gasteiger partial charge in [-0.1, -0.05) is 67.0 Å². The first kappa shape index (κ1) is 18.0. The van der Waals surface area contributed by atoms with Gasteiger partial charge in [-0.2, -0.15) is 0 Å². The van der Waals surface area contributed by atoms with Crippen molar-refractivity contribution in [1.29, 1.82) is 0 Å². The van der Waals surface area contributed by atoms with Crippen LogP contribution in [0.4, 0.5) is 0 Å². The van der Waals surface area contributed by atoms with E-state index in [-0.39, 0.29) is 11.5 Å². The van der Waals surface area contributed by atoms with Crippen LogP contribution < -0.4 is 4.74 Å². The highest BCUT2D eigenvalue weighted by Crippen LogP contribution is 2.41. The molecule has 0 saturated heterocycles. The van der Waals surface area contributed by atoms with E-state index in [1.165, 1.54) is 16.7 Å². The number of benzene rings is 2. The maximum atomic E-state index is 5.87. The zero-order valence-electron chi connectivity index (χ0n) is 14.5. The average Bonchev–Trinajstić information content (AvgIpc) is 2.54. The van der Waals surface area contributed by atoms with Gasteiger partial charge in [0.2, 0.25) is 0 Å². The number of hydrogen-bond acceptors (Lipinski definition) is 2. The highest BCUT2D eigenvalue weighted by atomic mass is 79.9. The summed E-state index contributed by atoms with van der Waals surface area (Å²) in [4.78, 5) is 0. The second-order valence-electron chi connectivity index (χ2n) is 6.77. The molecule has 3 heteroatoms. The molecule has 0 fully saturated rings. The predicted molar refractivity (Wildman–Crippen MR) is 100 cm³/mol. The van der Waals surface area contributed by atoms with Crippen molar-refractivity contribution >= 4 is 15.9 Å². The number of hydrogen-bond donors (Lipinski definition) is 0. The molecule has 0 aliphatic heterocycles. The fraction of sp³-hybridized carbons (Fsp3) is 0.400. The SMILES string of the molecule is COc1cccc(-c2ccc(CBr)cc2C(OC)C(C)(C)C)c1. The minimum absolute atomic E-state index is 0.00724. The van der Waals surface area contributed by atoms with Crippen molar-refractivity contribution in [3.8, 4) is 16.9 Å². The lowest BCUT2D eigenvalue weighted by atomic mass is 9.81. The molecule has 23 heavy (non-hydrogen) atoms. The Hall–Kier alpha value is -1.32. The van der Waals surface area contributed by atoms with E-state index in [0.717, 1.165) is 16.6 Å². The van der Waals surface area contributed by atoms with Gasteiger partial charge in [0.1, 0.15) is 5.75 Å². The molecule has 0 aromatic heterocycles. The molecular weight excluding hydrogens is 352 g/mol. The van der Waals surface area contributed by atoms with Gasteiger partial charge in [-0.15, -0.1) is 0 Å². The Kier molecular flexibility index (Phi) is 5.88. The van der Waals surface area contributed by atoms with Crippen molar-refractivity contribution in [2.24, 2.45) is 5.41 Å². The first-order valence-corrected chi connectivity index (χ1v) is 8.89. The number of alkyl halides is 1. The van der Waals surface area contributed by atoms with Crippen LogP contribution in [0.25, 0.3) is 11.1 Å². The quantitative estimate of drug-likeness (QED) is 0.596. The lowest BCUT2D eigenvalue weighted by molar-refractivity contribution is 0.0156. The zero-order chi connectivity index (χ0) is 17.0. The van der Waals surface area contributed by atoms with Crippen LogP contribution in [0, 0.1) is 5.41 Å². The fourth-order valence-corrected chi connectivity index (χ4v) is 3.26. The van der Waals surface area contributed by atoms with Crippen LogP contribution in [0.5, 0.6) is 5.75 Å². The summed E-state index contributed by atoms with van der Waals surface area (Å²) in [7, 11) is 3.48. The van der Waals surface area contributed by atoms with Crippen LogP contribution in [0.15, 0.2) is 42.5 Å². The van der Waals surface area contributed by atoms with Gasteiger partial charge in [0.25, 0.3) is 0 Å². The van der Waals surface area contributed by atoms with E-state index < -0.39 is 0 Å². The van der Waals surface area contributed by atoms with Crippen molar-refractivity contribution in [2.75, 3.05) is 14.2 Å². The smallest absolute Gasteiger partial charge is 0.119 e. The Morgan fingerprint density at radius 2 is 1.78 bits per heavy atom. The predicted octanol–water partition coefficient (Wildman–Crippen LogP) is 5.99. The molecule has 0 heterocycles. The van der Waals surface area contributed by atoms with Gasteiger partial charge in [0, 0.05) is 12.4 Å². The van der Waals surface area contributed by atoms with Gasteiger partial charge < -0.3 is 9.47 Å². The summed E-state index contributed by atoms with van der Waals surface area (Å²) in [6, 6.07) is 14.7. The van der Waals surface area contributed by atoms with Crippen molar-refractivity contribution < 1.29 is 9.47 Å². The molecule has 0 N–H and O–H groups in total. The van der Waals surface area contributed by atoms with E-state index in [9.17, 15) is 0 Å². The summed E-state index contributed by atoms with van der Waals surface area (Å²) in [5.41, 5.74) is 4.80. The number of halogens is 1. The third-order valence-corrected chi connectivity index (χ3v) is 4.60. The Labute approximate surface area is 148 Å². The van der Waals surface area contributed by atoms with E-state index in [2.05, 4.69) is 67.0 Å². The highest BCUT2D eigenvalue weighted by Gasteiger charge is 2.28. The normalized spacial score (nSPS) is 13.0. The second kappa shape index (κ2) is 7.50. The van der Waals surface area contributed by atoms with Crippen LogP contribution in [-0.4, -0.2) is 14.2 Å². The summed E-state index contributed by atoms with van der Waals surface area (Å²) in [5, 5.41) is 0.832. The third kappa shape index (κ3) is 4.15. The molecule has 0 bridgehead atoms. The van der Waals surface area contributed by atoms with Crippen LogP contribution in [0.3, 0.4) is 0 Å². The Morgan fingerprint density at radius 3 is 2.35 bits per heavy atom. The van der Waals surface area contributed by atoms with Gasteiger partial charge in [0.05, 0.1) is 13.2 Å². The van der Waals surface area contributed by atoms with E-state index in [0.29, 0.717) is 0 Å². The maximum Gasteiger partial charge on any atom is 0.119 e. The highest BCUT2D eigenvalue weighted by molar-refractivity contribution is 9.08. The van der Waals surface area contributed by atoms with Gasteiger partial charge in [-0.05, 0) is 39.8 Å². The molecule has 2 aromatic carbocycles. The van der Waals surface area contributed by atoms with Crippen molar-refractivity contribution in [2.45, 2.75) is 32.2 Å². The Morgan fingerprint density at radius 1 is 1.04 bits per heavy atom. The molecule has 1 atom stereocenters. The lowest BCUT2D eigenvalue weighted by Crippen LogP contribution is -2.21. The Bertz CT molecular complexity index is 659. The van der Waals surface area contributed by atoms with E-state index >= 15 is 0 Å². The number of methoxy groups -OCH3 is 2. The molecule has 2 aromatic rings. The third-order valence-electron chi connectivity index (χ3n) is 3.96. The van der Waals surface area contributed by atoms with Crippen LogP contribution in [0.2, 0.25) is 0 Å². The van der Waals surface area contributed by atoms with Gasteiger partial charge >= 0.3 is 0 Å². The summed E-state index contributed by atoms with van der Waals surface area (Å²) in [6.07, 6.45) is 0.0164. The molecule has 0 amide bonds. The second-order valence-corrected chi connectivity index (χ2v) is 7.33. The van der Waals surface area contributed by atoms with E-state index in [4.69, 9.17) is 9.47 Å².